The number of rotatable bonds is 5. The maximum atomic E-state index is 3.51. The minimum atomic E-state index is 0.913. The van der Waals surface area contributed by atoms with Crippen LogP contribution >= 0.6 is 0 Å². The second kappa shape index (κ2) is 6.47. The monoisotopic (exact) mass is 268 g/mol. The van der Waals surface area contributed by atoms with Crippen molar-refractivity contribution in [3.05, 3.63) is 58.7 Å². The smallest absolute Gasteiger partial charge is 0.0400 e. The van der Waals surface area contributed by atoms with Gasteiger partial charge in [-0.2, -0.15) is 0 Å². The first-order valence-electron chi connectivity index (χ1n) is 7.19. The van der Waals surface area contributed by atoms with Crippen molar-refractivity contribution in [2.24, 2.45) is 0 Å². The summed E-state index contributed by atoms with van der Waals surface area (Å²) in [6.07, 6.45) is 0. The fraction of sp³-hybridized carbons (Fsp3) is 0.333. The lowest BCUT2D eigenvalue weighted by Crippen LogP contribution is -2.14. The summed E-state index contributed by atoms with van der Waals surface area (Å²) in [5.41, 5.74) is 7.72. The molecule has 0 radical (unpaired) electrons. The van der Waals surface area contributed by atoms with Gasteiger partial charge in [0.05, 0.1) is 0 Å². The van der Waals surface area contributed by atoms with Gasteiger partial charge in [0.2, 0.25) is 0 Å². The largest absolute Gasteiger partial charge is 0.383 e. The Kier molecular flexibility index (Phi) is 4.67. The van der Waals surface area contributed by atoms with Gasteiger partial charge in [-0.05, 0) is 62.1 Å². The highest BCUT2D eigenvalue weighted by Gasteiger charge is 2.00. The molecule has 0 fully saturated rings. The average molecular weight is 268 g/mol. The Labute approximate surface area is 122 Å². The molecule has 0 aliphatic heterocycles. The van der Waals surface area contributed by atoms with Gasteiger partial charge in [0, 0.05) is 24.5 Å². The molecule has 2 rings (SSSR count). The van der Waals surface area contributed by atoms with Crippen molar-refractivity contribution in [2.75, 3.05) is 23.7 Å². The Balaban J connectivity index is 1.86. The van der Waals surface area contributed by atoms with Gasteiger partial charge in [0.15, 0.2) is 0 Å². The summed E-state index contributed by atoms with van der Waals surface area (Å²) in [5.74, 6) is 0. The first-order valence-corrected chi connectivity index (χ1v) is 7.19. The average Bonchev–Trinajstić information content (AvgIpc) is 2.41. The van der Waals surface area contributed by atoms with Crippen LogP contribution < -0.4 is 10.6 Å². The molecule has 0 amide bonds. The van der Waals surface area contributed by atoms with Gasteiger partial charge in [-0.25, -0.2) is 0 Å². The Morgan fingerprint density at radius 1 is 0.700 bits per heavy atom. The Bertz CT molecular complexity index is 568. The van der Waals surface area contributed by atoms with Crippen molar-refractivity contribution in [1.82, 2.24) is 0 Å². The summed E-state index contributed by atoms with van der Waals surface area (Å²) in [7, 11) is 0. The molecule has 2 heteroatoms. The van der Waals surface area contributed by atoms with Crippen LogP contribution in [0.5, 0.6) is 0 Å². The number of hydrogen-bond acceptors (Lipinski definition) is 2. The summed E-state index contributed by atoms with van der Waals surface area (Å²) < 4.78 is 0. The van der Waals surface area contributed by atoms with Crippen molar-refractivity contribution < 1.29 is 0 Å². The number of anilines is 2. The van der Waals surface area contributed by atoms with Crippen molar-refractivity contribution in [1.29, 1.82) is 0 Å². The molecule has 2 aromatic carbocycles. The quantitative estimate of drug-likeness (QED) is 0.783. The van der Waals surface area contributed by atoms with Gasteiger partial charge in [-0.3, -0.25) is 0 Å². The highest BCUT2D eigenvalue weighted by molar-refractivity contribution is 5.56. The first kappa shape index (κ1) is 14.4. The van der Waals surface area contributed by atoms with Crippen molar-refractivity contribution in [3.63, 3.8) is 0 Å². The zero-order chi connectivity index (χ0) is 14.5. The normalized spacial score (nSPS) is 10.4. The summed E-state index contributed by atoms with van der Waals surface area (Å²) in [6.45, 7) is 10.4. The summed E-state index contributed by atoms with van der Waals surface area (Å²) in [4.78, 5) is 0. The van der Waals surface area contributed by atoms with Crippen LogP contribution in [0.15, 0.2) is 36.4 Å². The molecule has 0 spiro atoms. The molecule has 0 aliphatic carbocycles. The minimum absolute atomic E-state index is 0.913. The van der Waals surface area contributed by atoms with E-state index in [2.05, 4.69) is 74.7 Å². The second-order valence-corrected chi connectivity index (χ2v) is 5.42. The predicted octanol–water partition coefficient (Wildman–Crippen LogP) is 4.44. The molecule has 0 unspecified atom stereocenters. The number of hydrogen-bond donors (Lipinski definition) is 2. The fourth-order valence-corrected chi connectivity index (χ4v) is 2.34. The fourth-order valence-electron chi connectivity index (χ4n) is 2.34. The Morgan fingerprint density at radius 3 is 2.00 bits per heavy atom. The van der Waals surface area contributed by atoms with E-state index in [1.54, 1.807) is 0 Å². The molecule has 0 heterocycles. The maximum absolute atomic E-state index is 3.51. The van der Waals surface area contributed by atoms with Crippen LogP contribution in [0.2, 0.25) is 0 Å². The summed E-state index contributed by atoms with van der Waals surface area (Å²) >= 11 is 0. The van der Waals surface area contributed by atoms with Crippen molar-refractivity contribution >= 4 is 11.4 Å². The zero-order valence-electron chi connectivity index (χ0n) is 12.9. The van der Waals surface area contributed by atoms with E-state index in [0.29, 0.717) is 0 Å². The second-order valence-electron chi connectivity index (χ2n) is 5.42. The molecule has 0 atom stereocenters. The minimum Gasteiger partial charge on any atom is -0.383 e. The van der Waals surface area contributed by atoms with Gasteiger partial charge in [-0.15, -0.1) is 0 Å². The SMILES string of the molecule is Cc1ccc(NCCNc2c(C)cccc2C)cc1C. The highest BCUT2D eigenvalue weighted by Crippen LogP contribution is 2.19. The van der Waals surface area contributed by atoms with Crippen LogP contribution in [-0.4, -0.2) is 13.1 Å². The molecule has 2 aromatic rings. The molecule has 0 aliphatic rings. The van der Waals surface area contributed by atoms with Crippen LogP contribution in [0.3, 0.4) is 0 Å². The molecule has 0 bridgehead atoms. The first-order chi connectivity index (χ1) is 9.58. The Hall–Kier alpha value is -1.96. The molecular formula is C18H24N2. The van der Waals surface area contributed by atoms with E-state index >= 15 is 0 Å². The van der Waals surface area contributed by atoms with E-state index in [0.717, 1.165) is 13.1 Å². The lowest BCUT2D eigenvalue weighted by atomic mass is 10.1. The third-order valence-electron chi connectivity index (χ3n) is 3.74. The molecule has 2 nitrogen and oxygen atoms in total. The number of benzene rings is 2. The highest BCUT2D eigenvalue weighted by atomic mass is 14.9. The van der Waals surface area contributed by atoms with Crippen LogP contribution in [0.25, 0.3) is 0 Å². The lowest BCUT2D eigenvalue weighted by Gasteiger charge is -2.14. The number of para-hydroxylation sites is 1. The van der Waals surface area contributed by atoms with E-state index in [-0.39, 0.29) is 0 Å². The van der Waals surface area contributed by atoms with Crippen LogP contribution in [0, 0.1) is 27.7 Å². The third kappa shape index (κ3) is 3.53. The number of nitrogens with one attached hydrogen (secondary N) is 2. The summed E-state index contributed by atoms with van der Waals surface area (Å²) in [5, 5.41) is 6.97. The zero-order valence-corrected chi connectivity index (χ0v) is 12.9. The van der Waals surface area contributed by atoms with Crippen LogP contribution in [-0.2, 0) is 0 Å². The van der Waals surface area contributed by atoms with Gasteiger partial charge in [0.25, 0.3) is 0 Å². The van der Waals surface area contributed by atoms with Gasteiger partial charge >= 0.3 is 0 Å². The van der Waals surface area contributed by atoms with Crippen LogP contribution in [0.1, 0.15) is 22.3 Å². The van der Waals surface area contributed by atoms with Gasteiger partial charge < -0.3 is 10.6 Å². The van der Waals surface area contributed by atoms with E-state index in [1.165, 1.54) is 33.6 Å². The third-order valence-corrected chi connectivity index (χ3v) is 3.74. The van der Waals surface area contributed by atoms with E-state index in [4.69, 9.17) is 0 Å². The van der Waals surface area contributed by atoms with Gasteiger partial charge in [-0.1, -0.05) is 24.3 Å². The molecule has 2 N–H and O–H groups in total. The molecule has 106 valence electrons. The van der Waals surface area contributed by atoms with E-state index in [1.807, 2.05) is 0 Å². The molecule has 0 saturated heterocycles. The molecule has 20 heavy (non-hydrogen) atoms. The standard InChI is InChI=1S/C18H24N2/c1-13-8-9-17(12-16(13)4)19-10-11-20-18-14(2)6-5-7-15(18)3/h5-9,12,19-20H,10-11H2,1-4H3. The molecule has 0 saturated carbocycles. The van der Waals surface area contributed by atoms with Crippen LogP contribution in [0.4, 0.5) is 11.4 Å². The summed E-state index contributed by atoms with van der Waals surface area (Å²) in [6, 6.07) is 12.9. The van der Waals surface area contributed by atoms with Crippen molar-refractivity contribution in [3.8, 4) is 0 Å². The Morgan fingerprint density at radius 2 is 1.35 bits per heavy atom. The van der Waals surface area contributed by atoms with E-state index < -0.39 is 0 Å². The molecular weight excluding hydrogens is 244 g/mol. The lowest BCUT2D eigenvalue weighted by molar-refractivity contribution is 1.07. The molecule has 0 aromatic heterocycles. The topological polar surface area (TPSA) is 24.1 Å². The van der Waals surface area contributed by atoms with Crippen molar-refractivity contribution in [2.45, 2.75) is 27.7 Å². The maximum Gasteiger partial charge on any atom is 0.0400 e. The predicted molar refractivity (Wildman–Crippen MR) is 88.8 cm³/mol. The number of aryl methyl sites for hydroxylation is 4. The van der Waals surface area contributed by atoms with E-state index in [9.17, 15) is 0 Å². The van der Waals surface area contributed by atoms with Gasteiger partial charge in [0.1, 0.15) is 0 Å².